The van der Waals surface area contributed by atoms with Crippen molar-refractivity contribution in [2.45, 2.75) is 38.7 Å². The Balaban J connectivity index is 2.38. The Morgan fingerprint density at radius 2 is 1.75 bits per heavy atom. The van der Waals surface area contributed by atoms with Crippen molar-refractivity contribution >= 4 is 0 Å². The smallest absolute Gasteiger partial charge is 0.391 e. The van der Waals surface area contributed by atoms with Crippen LogP contribution in [0.4, 0.5) is 13.2 Å². The first-order valence-electron chi connectivity index (χ1n) is 6.37. The van der Waals surface area contributed by atoms with Gasteiger partial charge in [0.25, 0.3) is 0 Å². The fourth-order valence-corrected chi connectivity index (χ4v) is 1.52. The van der Waals surface area contributed by atoms with E-state index in [0.717, 1.165) is 0 Å². The van der Waals surface area contributed by atoms with E-state index in [9.17, 15) is 18.3 Å². The van der Waals surface area contributed by atoms with Crippen LogP contribution in [0.15, 0.2) is 24.3 Å². The van der Waals surface area contributed by atoms with Crippen LogP contribution in [0.25, 0.3) is 0 Å². The third-order valence-corrected chi connectivity index (χ3v) is 2.44. The summed E-state index contributed by atoms with van der Waals surface area (Å²) in [4.78, 5) is 0. The molecule has 1 atom stereocenters. The van der Waals surface area contributed by atoms with E-state index in [-0.39, 0.29) is 12.7 Å². The standard InChI is InChI=1S/C14H19F3O3/c1-10(2)20-12-5-3-11(4-6-12)13(18)9-19-8-7-14(15,16)17/h3-6,10,13,18H,7-9H2,1-2H3. The van der Waals surface area contributed by atoms with Crippen LogP contribution in [0.5, 0.6) is 5.75 Å². The number of hydrogen-bond donors (Lipinski definition) is 1. The Kier molecular flexibility index (Phi) is 6.29. The summed E-state index contributed by atoms with van der Waals surface area (Å²) in [5, 5.41) is 9.78. The van der Waals surface area contributed by atoms with Gasteiger partial charge in [-0.05, 0) is 31.5 Å². The first-order chi connectivity index (χ1) is 9.28. The van der Waals surface area contributed by atoms with E-state index >= 15 is 0 Å². The molecule has 20 heavy (non-hydrogen) atoms. The molecule has 0 aliphatic carbocycles. The number of halogens is 3. The minimum Gasteiger partial charge on any atom is -0.491 e. The molecule has 0 saturated heterocycles. The minimum atomic E-state index is -4.24. The highest BCUT2D eigenvalue weighted by molar-refractivity contribution is 5.28. The third kappa shape index (κ3) is 6.77. The summed E-state index contributed by atoms with van der Waals surface area (Å²) >= 11 is 0. The molecular formula is C14H19F3O3. The maximum absolute atomic E-state index is 11.9. The van der Waals surface area contributed by atoms with Crippen LogP contribution in [0.1, 0.15) is 31.9 Å². The molecule has 0 aromatic heterocycles. The Morgan fingerprint density at radius 3 is 2.25 bits per heavy atom. The van der Waals surface area contributed by atoms with Gasteiger partial charge < -0.3 is 14.6 Å². The Labute approximate surface area is 116 Å². The number of hydrogen-bond acceptors (Lipinski definition) is 3. The third-order valence-electron chi connectivity index (χ3n) is 2.44. The van der Waals surface area contributed by atoms with E-state index in [1.165, 1.54) is 0 Å². The molecule has 3 nitrogen and oxygen atoms in total. The molecule has 0 aliphatic heterocycles. The molecule has 0 saturated carbocycles. The van der Waals surface area contributed by atoms with Crippen LogP contribution < -0.4 is 4.74 Å². The summed E-state index contributed by atoms with van der Waals surface area (Å²) in [6.07, 6.45) is -6.14. The van der Waals surface area contributed by atoms with Gasteiger partial charge >= 0.3 is 6.18 Å². The summed E-state index contributed by atoms with van der Waals surface area (Å²) in [5.74, 6) is 0.675. The van der Waals surface area contributed by atoms with Crippen LogP contribution >= 0.6 is 0 Å². The molecule has 1 aromatic rings. The first-order valence-corrected chi connectivity index (χ1v) is 6.37. The van der Waals surface area contributed by atoms with E-state index in [1.807, 2.05) is 13.8 Å². The lowest BCUT2D eigenvalue weighted by Gasteiger charge is -2.14. The summed E-state index contributed by atoms with van der Waals surface area (Å²) < 4.78 is 46.0. The molecule has 114 valence electrons. The van der Waals surface area contributed by atoms with Crippen LogP contribution in [-0.2, 0) is 4.74 Å². The lowest BCUT2D eigenvalue weighted by Crippen LogP contribution is -2.14. The quantitative estimate of drug-likeness (QED) is 0.782. The maximum atomic E-state index is 11.9. The fourth-order valence-electron chi connectivity index (χ4n) is 1.52. The van der Waals surface area contributed by atoms with Crippen molar-refractivity contribution < 1.29 is 27.8 Å². The minimum absolute atomic E-state index is 0.0523. The number of aliphatic hydroxyl groups excluding tert-OH is 1. The highest BCUT2D eigenvalue weighted by Gasteiger charge is 2.26. The average Bonchev–Trinajstić information content (AvgIpc) is 2.33. The molecule has 1 N–H and O–H groups in total. The number of alkyl halides is 3. The zero-order valence-corrected chi connectivity index (χ0v) is 11.5. The van der Waals surface area contributed by atoms with E-state index in [4.69, 9.17) is 9.47 Å². The first kappa shape index (κ1) is 16.8. The lowest BCUT2D eigenvalue weighted by molar-refractivity contribution is -0.147. The Bertz CT molecular complexity index is 388. The van der Waals surface area contributed by atoms with E-state index in [2.05, 4.69) is 0 Å². The van der Waals surface area contributed by atoms with E-state index in [0.29, 0.717) is 11.3 Å². The van der Waals surface area contributed by atoms with Crippen molar-refractivity contribution in [3.63, 3.8) is 0 Å². The molecule has 0 spiro atoms. The van der Waals surface area contributed by atoms with Gasteiger partial charge in [0.1, 0.15) is 11.9 Å². The second kappa shape index (κ2) is 7.50. The zero-order chi connectivity index (χ0) is 15.2. The summed E-state index contributed by atoms with van der Waals surface area (Å²) in [5.41, 5.74) is 0.577. The van der Waals surface area contributed by atoms with Crippen molar-refractivity contribution in [1.29, 1.82) is 0 Å². The molecule has 6 heteroatoms. The molecule has 1 rings (SSSR count). The predicted molar refractivity (Wildman–Crippen MR) is 68.7 cm³/mol. The van der Waals surface area contributed by atoms with Gasteiger partial charge in [-0.2, -0.15) is 13.2 Å². The lowest BCUT2D eigenvalue weighted by atomic mass is 10.1. The molecule has 0 amide bonds. The molecule has 0 bridgehead atoms. The van der Waals surface area contributed by atoms with Crippen LogP contribution in [0, 0.1) is 0 Å². The second-order valence-electron chi connectivity index (χ2n) is 4.69. The highest BCUT2D eigenvalue weighted by Crippen LogP contribution is 2.21. The summed E-state index contributed by atoms with van der Waals surface area (Å²) in [6.45, 7) is 3.18. The van der Waals surface area contributed by atoms with Crippen LogP contribution in [0.2, 0.25) is 0 Å². The Morgan fingerprint density at radius 1 is 1.15 bits per heavy atom. The molecule has 0 radical (unpaired) electrons. The number of rotatable bonds is 7. The zero-order valence-electron chi connectivity index (χ0n) is 11.5. The normalized spacial score (nSPS) is 13.6. The summed E-state index contributed by atoms with van der Waals surface area (Å²) in [6, 6.07) is 6.73. The maximum Gasteiger partial charge on any atom is 0.391 e. The predicted octanol–water partition coefficient (Wildman–Crippen LogP) is 3.48. The van der Waals surface area contributed by atoms with Gasteiger partial charge in [0.05, 0.1) is 25.7 Å². The number of benzene rings is 1. The average molecular weight is 292 g/mol. The topological polar surface area (TPSA) is 38.7 Å². The summed E-state index contributed by atoms with van der Waals surface area (Å²) in [7, 11) is 0. The van der Waals surface area contributed by atoms with Gasteiger partial charge in [-0.15, -0.1) is 0 Å². The van der Waals surface area contributed by atoms with Crippen molar-refractivity contribution in [2.75, 3.05) is 13.2 Å². The van der Waals surface area contributed by atoms with Gasteiger partial charge in [-0.3, -0.25) is 0 Å². The monoisotopic (exact) mass is 292 g/mol. The van der Waals surface area contributed by atoms with Gasteiger partial charge in [0.15, 0.2) is 0 Å². The van der Waals surface area contributed by atoms with Crippen molar-refractivity contribution in [3.05, 3.63) is 29.8 Å². The molecule has 0 aliphatic rings. The van der Waals surface area contributed by atoms with Gasteiger partial charge in [-0.25, -0.2) is 0 Å². The number of aliphatic hydroxyl groups is 1. The van der Waals surface area contributed by atoms with Gasteiger partial charge in [-0.1, -0.05) is 12.1 Å². The SMILES string of the molecule is CC(C)Oc1ccc(C(O)COCCC(F)(F)F)cc1. The van der Waals surface area contributed by atoms with E-state index < -0.39 is 25.3 Å². The van der Waals surface area contributed by atoms with Crippen molar-refractivity contribution in [1.82, 2.24) is 0 Å². The molecular weight excluding hydrogens is 273 g/mol. The highest BCUT2D eigenvalue weighted by atomic mass is 19.4. The van der Waals surface area contributed by atoms with Crippen LogP contribution in [0.3, 0.4) is 0 Å². The largest absolute Gasteiger partial charge is 0.491 e. The molecule has 0 fully saturated rings. The van der Waals surface area contributed by atoms with Crippen molar-refractivity contribution in [2.24, 2.45) is 0 Å². The Hall–Kier alpha value is -1.27. The second-order valence-corrected chi connectivity index (χ2v) is 4.69. The van der Waals surface area contributed by atoms with Gasteiger partial charge in [0, 0.05) is 0 Å². The van der Waals surface area contributed by atoms with Crippen molar-refractivity contribution in [3.8, 4) is 5.75 Å². The van der Waals surface area contributed by atoms with Crippen LogP contribution in [-0.4, -0.2) is 30.6 Å². The number of ether oxygens (including phenoxy) is 2. The molecule has 1 aromatic carbocycles. The molecule has 0 heterocycles. The van der Waals surface area contributed by atoms with E-state index in [1.54, 1.807) is 24.3 Å². The van der Waals surface area contributed by atoms with Gasteiger partial charge in [0.2, 0.25) is 0 Å². The fraction of sp³-hybridized carbons (Fsp3) is 0.571. The molecule has 1 unspecified atom stereocenters.